The Morgan fingerprint density at radius 1 is 1.10 bits per heavy atom. The molecule has 0 spiro atoms. The molecular formula is C26H41BrO3. The van der Waals surface area contributed by atoms with E-state index in [1.807, 2.05) is 0 Å². The zero-order valence-corrected chi connectivity index (χ0v) is 21.2. The van der Waals surface area contributed by atoms with Crippen LogP contribution in [0, 0.1) is 52.3 Å². The van der Waals surface area contributed by atoms with Gasteiger partial charge in [0.25, 0.3) is 0 Å². The van der Waals surface area contributed by atoms with Gasteiger partial charge in [0.15, 0.2) is 0 Å². The first-order valence-corrected chi connectivity index (χ1v) is 13.3. The van der Waals surface area contributed by atoms with Gasteiger partial charge in [-0.2, -0.15) is 0 Å². The van der Waals surface area contributed by atoms with Gasteiger partial charge in [0.2, 0.25) is 0 Å². The van der Waals surface area contributed by atoms with Crippen molar-refractivity contribution in [3.63, 3.8) is 0 Å². The largest absolute Gasteiger partial charge is 0.469 e. The third-order valence-electron chi connectivity index (χ3n) is 10.3. The highest BCUT2D eigenvalue weighted by molar-refractivity contribution is 9.10. The molecule has 3 nitrogen and oxygen atoms in total. The number of alkyl halides is 1. The van der Waals surface area contributed by atoms with E-state index >= 15 is 0 Å². The van der Waals surface area contributed by atoms with Crippen molar-refractivity contribution >= 4 is 27.7 Å². The molecule has 30 heavy (non-hydrogen) atoms. The average Bonchev–Trinajstić information content (AvgIpc) is 3.03. The van der Waals surface area contributed by atoms with Crippen LogP contribution < -0.4 is 0 Å². The Kier molecular flexibility index (Phi) is 6.23. The van der Waals surface area contributed by atoms with E-state index < -0.39 is 0 Å². The van der Waals surface area contributed by atoms with Gasteiger partial charge in [-0.15, -0.1) is 0 Å². The van der Waals surface area contributed by atoms with E-state index in [0.717, 1.165) is 37.0 Å². The number of hydrogen-bond acceptors (Lipinski definition) is 3. The summed E-state index contributed by atoms with van der Waals surface area (Å²) < 4.78 is 5.29. The first kappa shape index (κ1) is 22.8. The van der Waals surface area contributed by atoms with Crippen molar-refractivity contribution in [3.05, 3.63) is 0 Å². The van der Waals surface area contributed by atoms with Crippen molar-refractivity contribution in [2.24, 2.45) is 52.3 Å². The summed E-state index contributed by atoms with van der Waals surface area (Å²) in [6, 6.07) is 0. The molecule has 0 amide bonds. The maximum Gasteiger partial charge on any atom is 0.308 e. The molecule has 4 heteroatoms. The second-order valence-electron chi connectivity index (χ2n) is 12.0. The maximum absolute atomic E-state index is 12.8. The molecule has 4 aliphatic carbocycles. The van der Waals surface area contributed by atoms with Gasteiger partial charge < -0.3 is 4.74 Å². The van der Waals surface area contributed by atoms with Gasteiger partial charge in [0.05, 0.1) is 17.9 Å². The Balaban J connectivity index is 1.59. The van der Waals surface area contributed by atoms with Crippen LogP contribution in [0.15, 0.2) is 0 Å². The lowest BCUT2D eigenvalue weighted by Crippen LogP contribution is -2.55. The normalized spacial score (nSPS) is 46.7. The van der Waals surface area contributed by atoms with Crippen LogP contribution in [0.2, 0.25) is 0 Å². The van der Waals surface area contributed by atoms with Gasteiger partial charge in [-0.25, -0.2) is 0 Å². The zero-order chi connectivity index (χ0) is 21.8. The lowest BCUT2D eigenvalue weighted by atomic mass is 9.44. The van der Waals surface area contributed by atoms with Crippen LogP contribution in [0.1, 0.15) is 85.5 Å². The number of esters is 1. The van der Waals surface area contributed by atoms with Crippen molar-refractivity contribution < 1.29 is 14.3 Å². The van der Waals surface area contributed by atoms with Crippen molar-refractivity contribution in [2.75, 3.05) is 7.11 Å². The zero-order valence-electron chi connectivity index (χ0n) is 19.6. The molecule has 4 aliphatic rings. The second kappa shape index (κ2) is 8.19. The van der Waals surface area contributed by atoms with Gasteiger partial charge in [0, 0.05) is 6.42 Å². The molecule has 0 bridgehead atoms. The van der Waals surface area contributed by atoms with E-state index in [4.69, 9.17) is 4.74 Å². The van der Waals surface area contributed by atoms with Crippen LogP contribution in [-0.2, 0) is 14.3 Å². The number of carbonyl (C=O) groups excluding carboxylic acids is 2. The Hall–Kier alpha value is -0.380. The smallest absolute Gasteiger partial charge is 0.308 e. The average molecular weight is 482 g/mol. The summed E-state index contributed by atoms with van der Waals surface area (Å²) in [7, 11) is 1.56. The second-order valence-corrected chi connectivity index (χ2v) is 13.1. The molecule has 0 aromatic carbocycles. The fourth-order valence-electron chi connectivity index (χ4n) is 8.84. The topological polar surface area (TPSA) is 43.4 Å². The highest BCUT2D eigenvalue weighted by Crippen LogP contribution is 2.68. The summed E-state index contributed by atoms with van der Waals surface area (Å²) >= 11 is 3.71. The van der Waals surface area contributed by atoms with E-state index in [1.54, 1.807) is 7.11 Å². The molecule has 4 rings (SSSR count). The van der Waals surface area contributed by atoms with Crippen molar-refractivity contribution in [3.8, 4) is 0 Å². The molecule has 0 aromatic heterocycles. The first-order chi connectivity index (χ1) is 14.1. The van der Waals surface area contributed by atoms with Gasteiger partial charge >= 0.3 is 5.97 Å². The summed E-state index contributed by atoms with van der Waals surface area (Å²) in [6.45, 7) is 9.46. The lowest BCUT2D eigenvalue weighted by molar-refractivity contribution is -0.154. The van der Waals surface area contributed by atoms with Crippen molar-refractivity contribution in [1.29, 1.82) is 0 Å². The Morgan fingerprint density at radius 2 is 1.80 bits per heavy atom. The molecule has 0 heterocycles. The molecule has 0 unspecified atom stereocenters. The summed E-state index contributed by atoms with van der Waals surface area (Å²) in [5.41, 5.74) is 0.556. The lowest BCUT2D eigenvalue weighted by Gasteiger charge is -2.61. The molecule has 0 aliphatic heterocycles. The number of halogens is 1. The predicted molar refractivity (Wildman–Crippen MR) is 123 cm³/mol. The van der Waals surface area contributed by atoms with Crippen LogP contribution in [0.4, 0.5) is 0 Å². The van der Waals surface area contributed by atoms with Gasteiger partial charge in [-0.05, 0) is 97.7 Å². The Labute approximate surface area is 191 Å². The minimum Gasteiger partial charge on any atom is -0.469 e. The van der Waals surface area contributed by atoms with E-state index in [-0.39, 0.29) is 22.1 Å². The molecular weight excluding hydrogens is 440 g/mol. The molecule has 0 N–H and O–H groups in total. The number of hydrogen-bond donors (Lipinski definition) is 0. The number of Topliss-reactive ketones (excluding diaryl/α,β-unsaturated/α-hetero) is 1. The number of fused-ring (bicyclic) bond motifs is 5. The van der Waals surface area contributed by atoms with Gasteiger partial charge in [0.1, 0.15) is 5.78 Å². The standard InChI is InChI=1S/C26H41BrO3/c1-15(2)12-18(24(29)30-5)20-9-8-19-17-7-6-16-13-23(28)22(27)14-26(16,4)21(17)10-11-25(19,20)3/h15-22H,6-14H2,1-5H3/t16-,17-,18+,19-,20+,21-,22+,25-,26-/m0/s1. The van der Waals surface area contributed by atoms with Crippen molar-refractivity contribution in [2.45, 2.75) is 90.3 Å². The molecule has 9 atom stereocenters. The molecule has 170 valence electrons. The van der Waals surface area contributed by atoms with E-state index in [9.17, 15) is 9.59 Å². The minimum atomic E-state index is 0.0151. The summed E-state index contributed by atoms with van der Waals surface area (Å²) in [5.74, 6) is 4.26. The number of carbonyl (C=O) groups is 2. The summed E-state index contributed by atoms with van der Waals surface area (Å²) in [4.78, 5) is 25.2. The fraction of sp³-hybridized carbons (Fsp3) is 0.923. The number of methoxy groups -OCH3 is 1. The Morgan fingerprint density at radius 3 is 2.47 bits per heavy atom. The number of ketones is 1. The fourth-order valence-corrected chi connectivity index (χ4v) is 9.73. The highest BCUT2D eigenvalue weighted by Gasteiger charge is 2.62. The SMILES string of the molecule is COC(=O)[C@H](CC(C)C)[C@H]1CC[C@H]2[C@@H]3CC[C@H]4CC(=O)[C@H](Br)C[C@]4(C)[C@H]3CC[C@]12C. The molecule has 4 saturated carbocycles. The van der Waals surface area contributed by atoms with Crippen molar-refractivity contribution in [1.82, 2.24) is 0 Å². The quantitative estimate of drug-likeness (QED) is 0.344. The number of rotatable bonds is 4. The summed E-state index contributed by atoms with van der Waals surface area (Å²) in [5, 5.41) is 0. The van der Waals surface area contributed by atoms with Crippen LogP contribution in [-0.4, -0.2) is 23.7 Å². The monoisotopic (exact) mass is 480 g/mol. The van der Waals surface area contributed by atoms with E-state index in [0.29, 0.717) is 29.0 Å². The van der Waals surface area contributed by atoms with Crippen LogP contribution in [0.25, 0.3) is 0 Å². The highest BCUT2D eigenvalue weighted by atomic mass is 79.9. The van der Waals surface area contributed by atoms with E-state index in [2.05, 4.69) is 43.6 Å². The third-order valence-corrected chi connectivity index (χ3v) is 11.1. The molecule has 0 radical (unpaired) electrons. The minimum absolute atomic E-state index is 0.0151. The van der Waals surface area contributed by atoms with Gasteiger partial charge in [-0.3, -0.25) is 9.59 Å². The van der Waals surface area contributed by atoms with Crippen LogP contribution >= 0.6 is 15.9 Å². The van der Waals surface area contributed by atoms with E-state index in [1.165, 1.54) is 38.5 Å². The van der Waals surface area contributed by atoms with Crippen LogP contribution in [0.5, 0.6) is 0 Å². The molecule has 0 saturated heterocycles. The molecule has 4 fully saturated rings. The van der Waals surface area contributed by atoms with Gasteiger partial charge in [-0.1, -0.05) is 43.6 Å². The number of ether oxygens (including phenoxy) is 1. The summed E-state index contributed by atoms with van der Waals surface area (Å²) in [6.07, 6.45) is 10.2. The maximum atomic E-state index is 12.8. The first-order valence-electron chi connectivity index (χ1n) is 12.4. The van der Waals surface area contributed by atoms with Crippen LogP contribution in [0.3, 0.4) is 0 Å². The third kappa shape index (κ3) is 3.52. The predicted octanol–water partition coefficient (Wildman–Crippen LogP) is 6.42. The molecule has 0 aromatic rings. The Bertz CT molecular complexity index is 690.